The maximum absolute atomic E-state index is 10.8. The van der Waals surface area contributed by atoms with Gasteiger partial charge in [-0.3, -0.25) is 4.90 Å². The number of benzene rings is 2. The number of nitriles is 1. The molecule has 3 atom stereocenters. The molecule has 0 fully saturated rings. The quantitative estimate of drug-likeness (QED) is 0.241. The predicted octanol–water partition coefficient (Wildman–Crippen LogP) is 6.81. The fraction of sp³-hybridized carbons (Fsp3) is 0.618. The third-order valence-corrected chi connectivity index (χ3v) is 9.12. The van der Waals surface area contributed by atoms with E-state index in [2.05, 4.69) is 31.9 Å². The van der Waals surface area contributed by atoms with E-state index < -0.39 is 5.41 Å². The van der Waals surface area contributed by atoms with Crippen molar-refractivity contribution in [3.05, 3.63) is 35.4 Å². The number of ether oxygens (including phenoxy) is 6. The van der Waals surface area contributed by atoms with Gasteiger partial charge in [0, 0.05) is 23.7 Å². The maximum Gasteiger partial charge on any atom is 0.207 e. The van der Waals surface area contributed by atoms with Crippen LogP contribution >= 0.6 is 0 Å². The van der Waals surface area contributed by atoms with Crippen LogP contribution in [-0.2, 0) is 13.0 Å². The lowest BCUT2D eigenvalue weighted by Crippen LogP contribution is -2.49. The summed E-state index contributed by atoms with van der Waals surface area (Å²) in [7, 11) is 5.44. The SMILES string of the molecule is CCOc1c2c(c(OCC)c(OC)c1OC)CN(C)C(CCCC(C#N)(C(CC)CC)C1COc3ccccc3O1)C2. The zero-order chi connectivity index (χ0) is 30.3. The summed E-state index contributed by atoms with van der Waals surface area (Å²) < 4.78 is 36.5. The zero-order valence-electron chi connectivity index (χ0n) is 26.5. The molecule has 0 saturated heterocycles. The second-order valence-electron chi connectivity index (χ2n) is 11.2. The number of fused-ring (bicyclic) bond motifs is 2. The van der Waals surface area contributed by atoms with Crippen LogP contribution in [0.3, 0.4) is 0 Å². The summed E-state index contributed by atoms with van der Waals surface area (Å²) in [5, 5.41) is 10.8. The minimum Gasteiger partial charge on any atom is -0.490 e. The molecule has 0 bridgehead atoms. The highest BCUT2D eigenvalue weighted by Gasteiger charge is 2.48. The van der Waals surface area contributed by atoms with Crippen LogP contribution in [0.15, 0.2) is 24.3 Å². The standard InChI is InChI=1S/C34H48N2O6/c1-8-23(9-2)34(22-35,29-21-41-27-16-12-13-17-28(27)42-29)18-14-15-24-19-25-26(20-36(24)5)31(40-11-4)33(38-7)32(37-6)30(25)39-10-3/h12-13,16-17,23-24,29H,8-11,14-15,18-21H2,1-7H3. The molecule has 2 heterocycles. The van der Waals surface area contributed by atoms with E-state index in [-0.39, 0.29) is 18.1 Å². The fourth-order valence-electron chi connectivity index (χ4n) is 6.96. The van der Waals surface area contributed by atoms with Crippen LogP contribution in [0.4, 0.5) is 0 Å². The lowest BCUT2D eigenvalue weighted by Gasteiger charge is -2.43. The predicted molar refractivity (Wildman–Crippen MR) is 163 cm³/mol. The van der Waals surface area contributed by atoms with Crippen molar-refractivity contribution in [1.29, 1.82) is 5.26 Å². The van der Waals surface area contributed by atoms with Gasteiger partial charge in [-0.1, -0.05) is 45.2 Å². The van der Waals surface area contributed by atoms with Gasteiger partial charge in [0.1, 0.15) is 12.0 Å². The number of nitrogens with zero attached hydrogens (tertiary/aromatic N) is 2. The molecule has 3 unspecified atom stereocenters. The largest absolute Gasteiger partial charge is 0.490 e. The van der Waals surface area contributed by atoms with E-state index in [1.54, 1.807) is 14.2 Å². The molecule has 8 nitrogen and oxygen atoms in total. The first-order valence-corrected chi connectivity index (χ1v) is 15.5. The van der Waals surface area contributed by atoms with Gasteiger partial charge in [0.25, 0.3) is 0 Å². The van der Waals surface area contributed by atoms with Crippen LogP contribution in [0.25, 0.3) is 0 Å². The van der Waals surface area contributed by atoms with Gasteiger partial charge < -0.3 is 28.4 Å². The first kappa shape index (κ1) is 31.6. The summed E-state index contributed by atoms with van der Waals surface area (Å²) in [5.41, 5.74) is 1.57. The van der Waals surface area contributed by atoms with Gasteiger partial charge >= 0.3 is 0 Å². The van der Waals surface area contributed by atoms with Crippen molar-refractivity contribution in [2.75, 3.05) is 41.1 Å². The minimum absolute atomic E-state index is 0.209. The lowest BCUT2D eigenvalue weighted by atomic mass is 9.66. The average molecular weight is 581 g/mol. The maximum atomic E-state index is 10.8. The van der Waals surface area contributed by atoms with E-state index in [1.165, 1.54) is 0 Å². The number of hydrogen-bond donors (Lipinski definition) is 0. The monoisotopic (exact) mass is 580 g/mol. The normalized spacial score (nSPS) is 19.4. The molecule has 0 radical (unpaired) electrons. The highest BCUT2D eigenvalue weighted by atomic mass is 16.6. The van der Waals surface area contributed by atoms with Gasteiger partial charge in [0.15, 0.2) is 29.1 Å². The second-order valence-corrected chi connectivity index (χ2v) is 11.2. The Labute approximate surface area is 251 Å². The molecular formula is C34H48N2O6. The van der Waals surface area contributed by atoms with Crippen LogP contribution in [0.1, 0.15) is 70.9 Å². The second kappa shape index (κ2) is 14.2. The number of rotatable bonds is 14. The highest BCUT2D eigenvalue weighted by molar-refractivity contribution is 5.68. The summed E-state index contributed by atoms with van der Waals surface area (Å²) in [5.74, 6) is 4.31. The van der Waals surface area contributed by atoms with Crippen molar-refractivity contribution in [1.82, 2.24) is 4.90 Å². The van der Waals surface area contributed by atoms with Crippen molar-refractivity contribution in [3.8, 4) is 40.6 Å². The van der Waals surface area contributed by atoms with Gasteiger partial charge in [-0.25, -0.2) is 0 Å². The number of hydrogen-bond acceptors (Lipinski definition) is 8. The molecule has 2 aromatic rings. The van der Waals surface area contributed by atoms with E-state index in [9.17, 15) is 5.26 Å². The van der Waals surface area contributed by atoms with Gasteiger partial charge in [0.05, 0.1) is 33.5 Å². The Morgan fingerprint density at radius 2 is 1.57 bits per heavy atom. The molecule has 230 valence electrons. The Hall–Kier alpha value is -3.31. The van der Waals surface area contributed by atoms with Crippen molar-refractivity contribution < 1.29 is 28.4 Å². The average Bonchev–Trinajstić information content (AvgIpc) is 3.01. The van der Waals surface area contributed by atoms with Crippen molar-refractivity contribution >= 4 is 0 Å². The first-order chi connectivity index (χ1) is 20.4. The summed E-state index contributed by atoms with van der Waals surface area (Å²) in [4.78, 5) is 2.38. The lowest BCUT2D eigenvalue weighted by molar-refractivity contribution is -0.0217. The van der Waals surface area contributed by atoms with Crippen LogP contribution in [0.5, 0.6) is 34.5 Å². The van der Waals surface area contributed by atoms with Crippen molar-refractivity contribution in [3.63, 3.8) is 0 Å². The Morgan fingerprint density at radius 1 is 0.952 bits per heavy atom. The Balaban J connectivity index is 1.60. The summed E-state index contributed by atoms with van der Waals surface area (Å²) in [6.07, 6.45) is 4.89. The fourth-order valence-corrected chi connectivity index (χ4v) is 6.96. The third kappa shape index (κ3) is 5.94. The molecule has 8 heteroatoms. The number of para-hydroxylation sites is 2. The first-order valence-electron chi connectivity index (χ1n) is 15.5. The number of likely N-dealkylation sites (N-methyl/N-ethyl adjacent to an activating group) is 1. The molecule has 0 N–H and O–H groups in total. The molecule has 0 aliphatic carbocycles. The molecule has 0 aromatic heterocycles. The van der Waals surface area contributed by atoms with Crippen molar-refractivity contribution in [2.45, 2.75) is 84.9 Å². The molecule has 2 aromatic carbocycles. The molecule has 0 amide bonds. The van der Waals surface area contributed by atoms with E-state index in [4.69, 9.17) is 28.4 Å². The zero-order valence-corrected chi connectivity index (χ0v) is 26.5. The Morgan fingerprint density at radius 3 is 2.14 bits per heavy atom. The molecule has 2 aliphatic heterocycles. The molecule has 2 aliphatic rings. The van der Waals surface area contributed by atoms with Gasteiger partial charge in [-0.15, -0.1) is 0 Å². The van der Waals surface area contributed by atoms with Crippen LogP contribution in [-0.4, -0.2) is 58.1 Å². The molecule has 42 heavy (non-hydrogen) atoms. The van der Waals surface area contributed by atoms with Gasteiger partial charge in [-0.2, -0.15) is 5.26 Å². The van der Waals surface area contributed by atoms with Gasteiger partial charge in [-0.05, 0) is 58.2 Å². The topological polar surface area (TPSA) is 82.4 Å². The van der Waals surface area contributed by atoms with Crippen LogP contribution in [0.2, 0.25) is 0 Å². The smallest absolute Gasteiger partial charge is 0.207 e. The van der Waals surface area contributed by atoms with E-state index in [0.29, 0.717) is 37.9 Å². The Kier molecular flexibility index (Phi) is 10.7. The molecule has 0 saturated carbocycles. The number of methoxy groups -OCH3 is 2. The van der Waals surface area contributed by atoms with Crippen LogP contribution in [0, 0.1) is 22.7 Å². The van der Waals surface area contributed by atoms with E-state index >= 15 is 0 Å². The molecular weight excluding hydrogens is 532 g/mol. The molecule has 4 rings (SSSR count). The minimum atomic E-state index is -0.641. The molecule has 0 spiro atoms. The summed E-state index contributed by atoms with van der Waals surface area (Å²) in [6, 6.07) is 10.8. The van der Waals surface area contributed by atoms with Crippen LogP contribution < -0.4 is 28.4 Å². The highest BCUT2D eigenvalue weighted by Crippen LogP contribution is 2.52. The Bertz CT molecular complexity index is 1240. The summed E-state index contributed by atoms with van der Waals surface area (Å²) >= 11 is 0. The summed E-state index contributed by atoms with van der Waals surface area (Å²) in [6.45, 7) is 10.5. The van der Waals surface area contributed by atoms with Crippen molar-refractivity contribution in [2.24, 2.45) is 11.3 Å². The van der Waals surface area contributed by atoms with E-state index in [1.807, 2.05) is 38.1 Å². The van der Waals surface area contributed by atoms with E-state index in [0.717, 1.165) is 72.6 Å². The van der Waals surface area contributed by atoms with Gasteiger partial charge in [0.2, 0.25) is 11.5 Å². The third-order valence-electron chi connectivity index (χ3n) is 9.12.